The standard InChI is InChI=1S/C8H15NO2S/c1-7(8(10)11)3-4-9-5-6-12-2/h3,9H,4-6H2,1-2H3,(H,10,11)/b7-3-. The van der Waals surface area contributed by atoms with Gasteiger partial charge in [-0.25, -0.2) is 4.79 Å². The SMILES string of the molecule is CSCCNC/C=C(/C)C(=O)O. The van der Waals surface area contributed by atoms with Gasteiger partial charge in [-0.2, -0.15) is 11.8 Å². The molecule has 0 aromatic heterocycles. The van der Waals surface area contributed by atoms with Crippen molar-refractivity contribution < 1.29 is 9.90 Å². The van der Waals surface area contributed by atoms with Gasteiger partial charge >= 0.3 is 5.97 Å². The highest BCUT2D eigenvalue weighted by molar-refractivity contribution is 7.98. The zero-order valence-electron chi connectivity index (χ0n) is 7.46. The molecule has 0 amide bonds. The van der Waals surface area contributed by atoms with Crippen molar-refractivity contribution in [3.63, 3.8) is 0 Å². The van der Waals surface area contributed by atoms with Crippen molar-refractivity contribution in [1.29, 1.82) is 0 Å². The highest BCUT2D eigenvalue weighted by Gasteiger charge is 1.96. The predicted molar refractivity (Wildman–Crippen MR) is 52.6 cm³/mol. The first-order chi connectivity index (χ1) is 5.68. The van der Waals surface area contributed by atoms with E-state index in [2.05, 4.69) is 5.32 Å². The largest absolute Gasteiger partial charge is 0.478 e. The van der Waals surface area contributed by atoms with Crippen LogP contribution in [0.5, 0.6) is 0 Å². The number of hydrogen-bond donors (Lipinski definition) is 2. The molecule has 0 fully saturated rings. The van der Waals surface area contributed by atoms with E-state index in [1.807, 2.05) is 6.26 Å². The first-order valence-electron chi connectivity index (χ1n) is 3.78. The highest BCUT2D eigenvalue weighted by Crippen LogP contribution is 1.90. The van der Waals surface area contributed by atoms with Crippen LogP contribution in [0.15, 0.2) is 11.6 Å². The fourth-order valence-corrected chi connectivity index (χ4v) is 0.937. The van der Waals surface area contributed by atoms with E-state index in [9.17, 15) is 4.79 Å². The van der Waals surface area contributed by atoms with Crippen LogP contribution in [0.1, 0.15) is 6.92 Å². The first-order valence-corrected chi connectivity index (χ1v) is 5.17. The van der Waals surface area contributed by atoms with Gasteiger partial charge in [0.15, 0.2) is 0 Å². The van der Waals surface area contributed by atoms with Gasteiger partial charge in [-0.3, -0.25) is 0 Å². The van der Waals surface area contributed by atoms with E-state index in [4.69, 9.17) is 5.11 Å². The number of carbonyl (C=O) groups is 1. The van der Waals surface area contributed by atoms with Crippen molar-refractivity contribution in [1.82, 2.24) is 5.32 Å². The van der Waals surface area contributed by atoms with Crippen LogP contribution in [-0.2, 0) is 4.79 Å². The normalized spacial score (nSPS) is 11.7. The molecule has 3 nitrogen and oxygen atoms in total. The third-order valence-corrected chi connectivity index (χ3v) is 1.99. The molecule has 0 saturated heterocycles. The Bertz CT molecular complexity index is 168. The van der Waals surface area contributed by atoms with Crippen molar-refractivity contribution in [2.45, 2.75) is 6.92 Å². The fourth-order valence-electron chi connectivity index (χ4n) is 0.589. The van der Waals surface area contributed by atoms with Gasteiger partial charge < -0.3 is 10.4 Å². The number of hydrogen-bond acceptors (Lipinski definition) is 3. The third-order valence-electron chi connectivity index (χ3n) is 1.37. The number of rotatable bonds is 6. The van der Waals surface area contributed by atoms with E-state index in [1.54, 1.807) is 24.8 Å². The number of carboxylic acids is 1. The van der Waals surface area contributed by atoms with Crippen molar-refractivity contribution in [3.05, 3.63) is 11.6 Å². The number of nitrogens with one attached hydrogen (secondary N) is 1. The van der Waals surface area contributed by atoms with Crippen LogP contribution in [0.3, 0.4) is 0 Å². The lowest BCUT2D eigenvalue weighted by atomic mass is 10.3. The molecule has 2 N–H and O–H groups in total. The minimum atomic E-state index is -0.846. The summed E-state index contributed by atoms with van der Waals surface area (Å²) in [5, 5.41) is 11.6. The first kappa shape index (κ1) is 11.5. The molecule has 0 aliphatic rings. The fraction of sp³-hybridized carbons (Fsp3) is 0.625. The summed E-state index contributed by atoms with van der Waals surface area (Å²) < 4.78 is 0. The Kier molecular flexibility index (Phi) is 6.90. The molecule has 0 unspecified atom stereocenters. The Morgan fingerprint density at radius 1 is 1.67 bits per heavy atom. The number of aliphatic carboxylic acids is 1. The summed E-state index contributed by atoms with van der Waals surface area (Å²) in [7, 11) is 0. The van der Waals surface area contributed by atoms with Gasteiger partial charge in [-0.1, -0.05) is 6.08 Å². The van der Waals surface area contributed by atoms with E-state index in [0.29, 0.717) is 12.1 Å². The van der Waals surface area contributed by atoms with Crippen LogP contribution < -0.4 is 5.32 Å². The van der Waals surface area contributed by atoms with E-state index < -0.39 is 5.97 Å². The Labute approximate surface area is 77.2 Å². The van der Waals surface area contributed by atoms with E-state index >= 15 is 0 Å². The van der Waals surface area contributed by atoms with Crippen LogP contribution in [0.2, 0.25) is 0 Å². The average molecular weight is 189 g/mol. The van der Waals surface area contributed by atoms with Gasteiger partial charge in [-0.05, 0) is 13.2 Å². The molecular formula is C8H15NO2S. The lowest BCUT2D eigenvalue weighted by molar-refractivity contribution is -0.132. The van der Waals surface area contributed by atoms with Crippen molar-refractivity contribution in [2.24, 2.45) is 0 Å². The predicted octanol–water partition coefficient (Wildman–Crippen LogP) is 0.970. The van der Waals surface area contributed by atoms with E-state index in [1.165, 1.54) is 0 Å². The lowest BCUT2D eigenvalue weighted by Gasteiger charge is -1.98. The summed E-state index contributed by atoms with van der Waals surface area (Å²) in [6.07, 6.45) is 3.72. The Morgan fingerprint density at radius 3 is 2.83 bits per heavy atom. The lowest BCUT2D eigenvalue weighted by Crippen LogP contribution is -2.17. The second kappa shape index (κ2) is 7.18. The Morgan fingerprint density at radius 2 is 2.33 bits per heavy atom. The molecule has 4 heteroatoms. The van der Waals surface area contributed by atoms with Crippen LogP contribution in [0.4, 0.5) is 0 Å². The molecular weight excluding hydrogens is 174 g/mol. The molecule has 70 valence electrons. The van der Waals surface area contributed by atoms with Crippen LogP contribution in [-0.4, -0.2) is 36.2 Å². The maximum absolute atomic E-state index is 10.3. The summed E-state index contributed by atoms with van der Waals surface area (Å²) in [6.45, 7) is 3.15. The molecule has 0 aromatic carbocycles. The van der Waals surface area contributed by atoms with E-state index in [0.717, 1.165) is 12.3 Å². The molecule has 0 aliphatic carbocycles. The van der Waals surface area contributed by atoms with Crippen LogP contribution in [0, 0.1) is 0 Å². The van der Waals surface area contributed by atoms with Gasteiger partial charge in [0.1, 0.15) is 0 Å². The zero-order valence-corrected chi connectivity index (χ0v) is 8.28. The monoisotopic (exact) mass is 189 g/mol. The van der Waals surface area contributed by atoms with Gasteiger partial charge in [0.2, 0.25) is 0 Å². The molecule has 0 heterocycles. The topological polar surface area (TPSA) is 49.3 Å². The van der Waals surface area contributed by atoms with Gasteiger partial charge in [0, 0.05) is 24.4 Å². The highest BCUT2D eigenvalue weighted by atomic mass is 32.2. The smallest absolute Gasteiger partial charge is 0.330 e. The van der Waals surface area contributed by atoms with Gasteiger partial charge in [0.05, 0.1) is 0 Å². The molecule has 12 heavy (non-hydrogen) atoms. The molecule has 0 aromatic rings. The molecule has 0 aliphatic heterocycles. The van der Waals surface area contributed by atoms with Gasteiger partial charge in [-0.15, -0.1) is 0 Å². The summed E-state index contributed by atoms with van der Waals surface area (Å²) in [6, 6.07) is 0. The second-order valence-electron chi connectivity index (χ2n) is 2.39. The van der Waals surface area contributed by atoms with E-state index in [-0.39, 0.29) is 0 Å². The molecule has 0 rings (SSSR count). The molecule has 0 bridgehead atoms. The summed E-state index contributed by atoms with van der Waals surface area (Å²) in [5.74, 6) is 0.210. The van der Waals surface area contributed by atoms with Crippen molar-refractivity contribution in [2.75, 3.05) is 25.1 Å². The molecule has 0 spiro atoms. The van der Waals surface area contributed by atoms with Crippen LogP contribution >= 0.6 is 11.8 Å². The minimum Gasteiger partial charge on any atom is -0.478 e. The minimum absolute atomic E-state index is 0.395. The maximum atomic E-state index is 10.3. The average Bonchev–Trinajstić information content (AvgIpc) is 2.03. The summed E-state index contributed by atoms with van der Waals surface area (Å²) in [5.41, 5.74) is 0.395. The Balaban J connectivity index is 3.40. The number of thioether (sulfide) groups is 1. The summed E-state index contributed by atoms with van der Waals surface area (Å²) >= 11 is 1.77. The Hall–Kier alpha value is -0.480. The quantitative estimate of drug-likeness (QED) is 0.483. The molecule has 0 saturated carbocycles. The van der Waals surface area contributed by atoms with Crippen LogP contribution in [0.25, 0.3) is 0 Å². The van der Waals surface area contributed by atoms with Crippen molar-refractivity contribution >= 4 is 17.7 Å². The van der Waals surface area contributed by atoms with Gasteiger partial charge in [0.25, 0.3) is 0 Å². The van der Waals surface area contributed by atoms with Crippen molar-refractivity contribution in [3.8, 4) is 0 Å². The third kappa shape index (κ3) is 6.24. The maximum Gasteiger partial charge on any atom is 0.330 e. The second-order valence-corrected chi connectivity index (χ2v) is 3.37. The summed E-state index contributed by atoms with van der Waals surface area (Å²) in [4.78, 5) is 10.3. The molecule has 0 atom stereocenters. The molecule has 0 radical (unpaired) electrons. The zero-order chi connectivity index (χ0) is 9.40. The number of carboxylic acid groups (broad SMARTS) is 1.